The second-order valence-electron chi connectivity index (χ2n) is 3.55. The van der Waals surface area contributed by atoms with E-state index in [1.807, 2.05) is 0 Å². The van der Waals surface area contributed by atoms with E-state index in [-0.39, 0.29) is 0 Å². The van der Waals surface area contributed by atoms with Crippen LogP contribution in [0.3, 0.4) is 0 Å². The summed E-state index contributed by atoms with van der Waals surface area (Å²) in [4.78, 5) is 42.1. The lowest BCUT2D eigenvalue weighted by molar-refractivity contribution is -0.147. The van der Waals surface area contributed by atoms with Gasteiger partial charge in [0.2, 0.25) is 0 Å². The molecule has 0 fully saturated rings. The lowest BCUT2D eigenvalue weighted by Gasteiger charge is -2.19. The first-order valence-electron chi connectivity index (χ1n) is 4.86. The van der Waals surface area contributed by atoms with Crippen LogP contribution in [0.15, 0.2) is 0 Å². The van der Waals surface area contributed by atoms with Gasteiger partial charge in [0.25, 0.3) is 0 Å². The molecule has 18 heavy (non-hydrogen) atoms. The van der Waals surface area contributed by atoms with Crippen LogP contribution in [-0.4, -0.2) is 56.4 Å². The maximum Gasteiger partial charge on any atom is 0.321 e. The fourth-order valence-electron chi connectivity index (χ4n) is 1.29. The Morgan fingerprint density at radius 2 is 1.17 bits per heavy atom. The lowest BCUT2D eigenvalue weighted by Crippen LogP contribution is -2.46. The Balaban J connectivity index is 4.67. The van der Waals surface area contributed by atoms with Crippen molar-refractivity contribution in [1.82, 2.24) is 5.32 Å². The number of hydrogen-bond acceptors (Lipinski definition) is 5. The molecule has 9 nitrogen and oxygen atoms in total. The topological polar surface area (TPSA) is 161 Å². The van der Waals surface area contributed by atoms with E-state index in [1.165, 1.54) is 0 Å². The molecule has 0 spiro atoms. The van der Waals surface area contributed by atoms with Gasteiger partial charge >= 0.3 is 23.9 Å². The minimum atomic E-state index is -1.54. The van der Waals surface area contributed by atoms with Crippen molar-refractivity contribution in [2.45, 2.75) is 31.3 Å². The van der Waals surface area contributed by atoms with Crippen LogP contribution in [0.25, 0.3) is 0 Å². The highest BCUT2D eigenvalue weighted by Crippen LogP contribution is 2.03. The molecule has 9 heteroatoms. The number of carbonyl (C=O) groups is 4. The summed E-state index contributed by atoms with van der Waals surface area (Å²) in [5.74, 6) is -5.50. The van der Waals surface area contributed by atoms with Crippen molar-refractivity contribution >= 4 is 23.9 Å². The molecule has 0 aromatic carbocycles. The predicted octanol–water partition coefficient (Wildman–Crippen LogP) is -1.18. The second kappa shape index (κ2) is 7.22. The molecule has 0 aromatic rings. The SMILES string of the molecule is O=C(O)CC(CC(=O)O)NC(CC(=O)O)C(=O)O. The van der Waals surface area contributed by atoms with Crippen LogP contribution in [0.4, 0.5) is 0 Å². The highest BCUT2D eigenvalue weighted by Gasteiger charge is 2.26. The molecule has 0 aliphatic carbocycles. The summed E-state index contributed by atoms with van der Waals surface area (Å²) < 4.78 is 0. The zero-order valence-corrected chi connectivity index (χ0v) is 9.20. The van der Waals surface area contributed by atoms with Gasteiger partial charge in [-0.1, -0.05) is 0 Å². The van der Waals surface area contributed by atoms with Gasteiger partial charge in [0.05, 0.1) is 19.3 Å². The van der Waals surface area contributed by atoms with E-state index in [1.54, 1.807) is 0 Å². The van der Waals surface area contributed by atoms with E-state index in [0.29, 0.717) is 0 Å². The molecule has 0 bridgehead atoms. The van der Waals surface area contributed by atoms with Gasteiger partial charge in [0.1, 0.15) is 6.04 Å². The minimum Gasteiger partial charge on any atom is -0.481 e. The quantitative estimate of drug-likeness (QED) is 0.344. The molecule has 1 atom stereocenters. The van der Waals surface area contributed by atoms with E-state index in [0.717, 1.165) is 0 Å². The Hall–Kier alpha value is -2.16. The molecule has 0 aliphatic heterocycles. The molecule has 102 valence electrons. The van der Waals surface area contributed by atoms with Gasteiger partial charge in [0.15, 0.2) is 0 Å². The largest absolute Gasteiger partial charge is 0.481 e. The summed E-state index contributed by atoms with van der Waals surface area (Å²) in [6.07, 6.45) is -2.00. The molecule has 0 amide bonds. The highest BCUT2D eigenvalue weighted by molar-refractivity contribution is 5.81. The molecule has 5 N–H and O–H groups in total. The highest BCUT2D eigenvalue weighted by atomic mass is 16.4. The minimum absolute atomic E-state index is 0.615. The average Bonchev–Trinajstić information content (AvgIpc) is 2.13. The Bertz CT molecular complexity index is 336. The Morgan fingerprint density at radius 1 is 0.778 bits per heavy atom. The summed E-state index contributed by atoms with van der Waals surface area (Å²) >= 11 is 0. The predicted molar refractivity (Wildman–Crippen MR) is 55.1 cm³/mol. The third-order valence-corrected chi connectivity index (χ3v) is 1.96. The smallest absolute Gasteiger partial charge is 0.321 e. The third-order valence-electron chi connectivity index (χ3n) is 1.96. The van der Waals surface area contributed by atoms with Crippen LogP contribution in [0.2, 0.25) is 0 Å². The van der Waals surface area contributed by atoms with Crippen molar-refractivity contribution in [2.24, 2.45) is 0 Å². The van der Waals surface area contributed by atoms with Gasteiger partial charge in [-0.05, 0) is 0 Å². The van der Waals surface area contributed by atoms with Crippen molar-refractivity contribution in [3.8, 4) is 0 Å². The Labute approximate surface area is 101 Å². The van der Waals surface area contributed by atoms with Crippen molar-refractivity contribution < 1.29 is 39.6 Å². The zero-order valence-electron chi connectivity index (χ0n) is 9.20. The first-order valence-corrected chi connectivity index (χ1v) is 4.86. The number of carboxylic acid groups (broad SMARTS) is 4. The first kappa shape index (κ1) is 15.8. The molecule has 0 heterocycles. The summed E-state index contributed by atoms with van der Waals surface area (Å²) in [5, 5.41) is 36.5. The van der Waals surface area contributed by atoms with E-state index in [2.05, 4.69) is 5.32 Å². The normalized spacial score (nSPS) is 12.1. The lowest BCUT2D eigenvalue weighted by atomic mass is 10.1. The standard InChI is InChI=1S/C9H13NO8/c11-6(12)1-4(2-7(13)14)10-5(9(17)18)3-8(15)16/h4-5,10H,1-3H2,(H,11,12)(H,13,14)(H,15,16)(H,17,18). The number of nitrogens with one attached hydrogen (secondary N) is 1. The first-order chi connectivity index (χ1) is 8.22. The molecule has 0 radical (unpaired) electrons. The van der Waals surface area contributed by atoms with Gasteiger partial charge in [-0.2, -0.15) is 0 Å². The maximum absolute atomic E-state index is 10.7. The van der Waals surface area contributed by atoms with Gasteiger partial charge < -0.3 is 20.4 Å². The maximum atomic E-state index is 10.7. The molecule has 0 aromatic heterocycles. The van der Waals surface area contributed by atoms with Crippen molar-refractivity contribution in [3.05, 3.63) is 0 Å². The molecule has 0 saturated heterocycles. The molecule has 0 saturated carbocycles. The number of carboxylic acids is 4. The van der Waals surface area contributed by atoms with E-state index in [4.69, 9.17) is 20.4 Å². The third kappa shape index (κ3) is 7.17. The van der Waals surface area contributed by atoms with Gasteiger partial charge in [-0.15, -0.1) is 0 Å². The average molecular weight is 263 g/mol. The fraction of sp³-hybridized carbons (Fsp3) is 0.556. The van der Waals surface area contributed by atoms with Crippen LogP contribution in [0.1, 0.15) is 19.3 Å². The van der Waals surface area contributed by atoms with Crippen LogP contribution in [0.5, 0.6) is 0 Å². The van der Waals surface area contributed by atoms with Crippen molar-refractivity contribution in [1.29, 1.82) is 0 Å². The van der Waals surface area contributed by atoms with Crippen molar-refractivity contribution in [2.75, 3.05) is 0 Å². The zero-order chi connectivity index (χ0) is 14.3. The Morgan fingerprint density at radius 3 is 1.44 bits per heavy atom. The molecule has 1 unspecified atom stereocenters. The summed E-state index contributed by atoms with van der Waals surface area (Å²) in [6, 6.07) is -2.69. The summed E-state index contributed by atoms with van der Waals surface area (Å²) in [7, 11) is 0. The fourth-order valence-corrected chi connectivity index (χ4v) is 1.29. The van der Waals surface area contributed by atoms with Crippen LogP contribution in [-0.2, 0) is 19.2 Å². The molecular weight excluding hydrogens is 250 g/mol. The second-order valence-corrected chi connectivity index (χ2v) is 3.55. The van der Waals surface area contributed by atoms with Crippen LogP contribution < -0.4 is 5.32 Å². The molecular formula is C9H13NO8. The molecule has 0 aliphatic rings. The van der Waals surface area contributed by atoms with Crippen LogP contribution >= 0.6 is 0 Å². The van der Waals surface area contributed by atoms with Gasteiger partial charge in [-0.3, -0.25) is 24.5 Å². The molecule has 0 rings (SSSR count). The van der Waals surface area contributed by atoms with E-state index < -0.39 is 55.2 Å². The van der Waals surface area contributed by atoms with Gasteiger partial charge in [-0.25, -0.2) is 0 Å². The monoisotopic (exact) mass is 263 g/mol. The van der Waals surface area contributed by atoms with E-state index >= 15 is 0 Å². The Kier molecular flexibility index (Phi) is 6.35. The number of hydrogen-bond donors (Lipinski definition) is 5. The van der Waals surface area contributed by atoms with E-state index in [9.17, 15) is 19.2 Å². The van der Waals surface area contributed by atoms with Gasteiger partial charge in [0, 0.05) is 6.04 Å². The number of aliphatic carboxylic acids is 4. The summed E-state index contributed by atoms with van der Waals surface area (Å²) in [5.41, 5.74) is 0. The summed E-state index contributed by atoms with van der Waals surface area (Å²) in [6.45, 7) is 0. The number of rotatable bonds is 9. The van der Waals surface area contributed by atoms with Crippen molar-refractivity contribution in [3.63, 3.8) is 0 Å². The van der Waals surface area contributed by atoms with Crippen LogP contribution in [0, 0.1) is 0 Å².